The topological polar surface area (TPSA) is 48.4 Å². The lowest BCUT2D eigenvalue weighted by Gasteiger charge is -2.10. The molecule has 1 unspecified atom stereocenters. The van der Waals surface area contributed by atoms with Crippen LogP contribution in [-0.2, 0) is 0 Å². The lowest BCUT2D eigenvalue weighted by Crippen LogP contribution is -2.11. The Morgan fingerprint density at radius 2 is 1.71 bits per heavy atom. The zero-order valence-electron chi connectivity index (χ0n) is 11.0. The predicted octanol–water partition coefficient (Wildman–Crippen LogP) is 4.08. The van der Waals surface area contributed by atoms with Gasteiger partial charge in [-0.15, -0.1) is 0 Å². The highest BCUT2D eigenvalue weighted by Gasteiger charge is 2.14. The van der Waals surface area contributed by atoms with Gasteiger partial charge in [-0.05, 0) is 29.8 Å². The standard InChI is InChI=1S/C16H13F2NO2/c17-16(18)20-12-7-5-10(6-8-12)15(19)14-9-11-3-1-2-4-13(11)21-14/h1-9,15-16H,19H2. The van der Waals surface area contributed by atoms with E-state index in [1.54, 1.807) is 12.1 Å². The molecule has 108 valence electrons. The Hall–Kier alpha value is -2.40. The summed E-state index contributed by atoms with van der Waals surface area (Å²) >= 11 is 0. The van der Waals surface area contributed by atoms with Gasteiger partial charge < -0.3 is 14.9 Å². The molecule has 0 fully saturated rings. The number of alkyl halides is 2. The summed E-state index contributed by atoms with van der Waals surface area (Å²) in [6.07, 6.45) is 0. The van der Waals surface area contributed by atoms with Crippen LogP contribution in [0.5, 0.6) is 5.75 Å². The van der Waals surface area contributed by atoms with Crippen LogP contribution < -0.4 is 10.5 Å². The molecule has 1 heterocycles. The molecule has 0 saturated heterocycles. The molecule has 3 aromatic rings. The van der Waals surface area contributed by atoms with Gasteiger partial charge in [0.1, 0.15) is 17.1 Å². The Bertz CT molecular complexity index is 704. The molecular formula is C16H13F2NO2. The molecule has 0 spiro atoms. The zero-order chi connectivity index (χ0) is 14.8. The van der Waals surface area contributed by atoms with Crippen LogP contribution in [0, 0.1) is 0 Å². The van der Waals surface area contributed by atoms with Gasteiger partial charge in [0, 0.05) is 5.39 Å². The van der Waals surface area contributed by atoms with Crippen LogP contribution in [0.2, 0.25) is 0 Å². The number of furan rings is 1. The third-order valence-corrected chi connectivity index (χ3v) is 3.22. The molecule has 0 amide bonds. The van der Waals surface area contributed by atoms with Gasteiger partial charge in [-0.25, -0.2) is 0 Å². The molecule has 1 aromatic heterocycles. The molecule has 2 aromatic carbocycles. The summed E-state index contributed by atoms with van der Waals surface area (Å²) in [6.45, 7) is -2.83. The molecule has 3 rings (SSSR count). The van der Waals surface area contributed by atoms with Crippen molar-refractivity contribution in [3.8, 4) is 5.75 Å². The second kappa shape index (κ2) is 5.54. The monoisotopic (exact) mass is 289 g/mol. The van der Waals surface area contributed by atoms with Crippen molar-refractivity contribution in [1.82, 2.24) is 0 Å². The summed E-state index contributed by atoms with van der Waals surface area (Å²) < 4.78 is 34.2. The van der Waals surface area contributed by atoms with E-state index in [2.05, 4.69) is 4.74 Å². The van der Waals surface area contributed by atoms with E-state index >= 15 is 0 Å². The molecule has 5 heteroatoms. The van der Waals surface area contributed by atoms with E-state index < -0.39 is 12.7 Å². The fourth-order valence-corrected chi connectivity index (χ4v) is 2.18. The van der Waals surface area contributed by atoms with Crippen molar-refractivity contribution in [2.45, 2.75) is 12.7 Å². The largest absolute Gasteiger partial charge is 0.459 e. The third kappa shape index (κ3) is 2.87. The van der Waals surface area contributed by atoms with Gasteiger partial charge in [0.2, 0.25) is 0 Å². The fourth-order valence-electron chi connectivity index (χ4n) is 2.18. The first kappa shape index (κ1) is 13.6. The maximum absolute atomic E-state index is 12.1. The molecule has 0 aliphatic rings. The molecule has 0 radical (unpaired) electrons. The molecule has 21 heavy (non-hydrogen) atoms. The predicted molar refractivity (Wildman–Crippen MR) is 75.3 cm³/mol. The van der Waals surface area contributed by atoms with E-state index in [0.29, 0.717) is 5.76 Å². The van der Waals surface area contributed by atoms with Crippen LogP contribution in [0.25, 0.3) is 11.0 Å². The second-order valence-corrected chi connectivity index (χ2v) is 4.61. The number of halogens is 2. The molecule has 2 N–H and O–H groups in total. The molecule has 3 nitrogen and oxygen atoms in total. The fraction of sp³-hybridized carbons (Fsp3) is 0.125. The summed E-state index contributed by atoms with van der Waals surface area (Å²) in [4.78, 5) is 0. The Balaban J connectivity index is 1.85. The quantitative estimate of drug-likeness (QED) is 0.787. The van der Waals surface area contributed by atoms with E-state index in [1.165, 1.54) is 12.1 Å². The first-order valence-electron chi connectivity index (χ1n) is 6.42. The molecule has 0 bridgehead atoms. The van der Waals surface area contributed by atoms with Gasteiger partial charge in [-0.3, -0.25) is 0 Å². The van der Waals surface area contributed by atoms with Crippen LogP contribution in [0.1, 0.15) is 17.4 Å². The van der Waals surface area contributed by atoms with Crippen LogP contribution >= 0.6 is 0 Å². The van der Waals surface area contributed by atoms with Crippen molar-refractivity contribution in [3.63, 3.8) is 0 Å². The lowest BCUT2D eigenvalue weighted by atomic mass is 10.1. The van der Waals surface area contributed by atoms with Crippen LogP contribution in [0.3, 0.4) is 0 Å². The van der Waals surface area contributed by atoms with Crippen molar-refractivity contribution < 1.29 is 17.9 Å². The minimum atomic E-state index is -2.83. The number of hydrogen-bond donors (Lipinski definition) is 1. The normalized spacial score (nSPS) is 12.8. The van der Waals surface area contributed by atoms with Gasteiger partial charge in [0.25, 0.3) is 0 Å². The van der Waals surface area contributed by atoms with E-state index in [9.17, 15) is 8.78 Å². The Morgan fingerprint density at radius 3 is 2.38 bits per heavy atom. The number of hydrogen-bond acceptors (Lipinski definition) is 3. The van der Waals surface area contributed by atoms with Gasteiger partial charge >= 0.3 is 6.61 Å². The summed E-state index contributed by atoms with van der Waals surface area (Å²) in [7, 11) is 0. The second-order valence-electron chi connectivity index (χ2n) is 4.61. The van der Waals surface area contributed by atoms with E-state index in [-0.39, 0.29) is 5.75 Å². The minimum Gasteiger partial charge on any atom is -0.459 e. The first-order chi connectivity index (χ1) is 10.1. The van der Waals surface area contributed by atoms with Crippen molar-refractivity contribution in [3.05, 3.63) is 65.9 Å². The van der Waals surface area contributed by atoms with Crippen molar-refractivity contribution in [2.24, 2.45) is 5.73 Å². The van der Waals surface area contributed by atoms with Gasteiger partial charge in [-0.2, -0.15) is 8.78 Å². The van der Waals surface area contributed by atoms with Crippen molar-refractivity contribution >= 4 is 11.0 Å². The van der Waals surface area contributed by atoms with E-state index in [1.807, 2.05) is 30.3 Å². The summed E-state index contributed by atoms with van der Waals surface area (Å²) in [5, 5.41) is 0.973. The molecular weight excluding hydrogens is 276 g/mol. The Morgan fingerprint density at radius 1 is 1.00 bits per heavy atom. The van der Waals surface area contributed by atoms with Crippen LogP contribution in [0.4, 0.5) is 8.78 Å². The lowest BCUT2D eigenvalue weighted by molar-refractivity contribution is -0.0498. The smallest absolute Gasteiger partial charge is 0.387 e. The highest BCUT2D eigenvalue weighted by atomic mass is 19.3. The highest BCUT2D eigenvalue weighted by molar-refractivity contribution is 5.77. The SMILES string of the molecule is NC(c1ccc(OC(F)F)cc1)c1cc2ccccc2o1. The summed E-state index contributed by atoms with van der Waals surface area (Å²) in [6, 6.07) is 15.3. The number of nitrogens with two attached hydrogens (primary N) is 1. The number of rotatable bonds is 4. The molecule has 0 saturated carbocycles. The maximum Gasteiger partial charge on any atom is 0.387 e. The van der Waals surface area contributed by atoms with Gasteiger partial charge in [0.05, 0.1) is 6.04 Å². The molecule has 1 atom stereocenters. The number of fused-ring (bicyclic) bond motifs is 1. The first-order valence-corrected chi connectivity index (χ1v) is 6.42. The van der Waals surface area contributed by atoms with Gasteiger partial charge in [-0.1, -0.05) is 30.3 Å². The maximum atomic E-state index is 12.1. The minimum absolute atomic E-state index is 0.102. The third-order valence-electron chi connectivity index (χ3n) is 3.22. The average molecular weight is 289 g/mol. The van der Waals surface area contributed by atoms with Crippen LogP contribution in [0.15, 0.2) is 59.0 Å². The van der Waals surface area contributed by atoms with Crippen molar-refractivity contribution in [2.75, 3.05) is 0 Å². The summed E-state index contributed by atoms with van der Waals surface area (Å²) in [5.41, 5.74) is 7.67. The number of benzene rings is 2. The van der Waals surface area contributed by atoms with E-state index in [4.69, 9.17) is 10.2 Å². The van der Waals surface area contributed by atoms with Crippen molar-refractivity contribution in [1.29, 1.82) is 0 Å². The number of para-hydroxylation sites is 1. The Labute approximate surface area is 119 Å². The molecule has 0 aliphatic carbocycles. The Kier molecular flexibility index (Phi) is 3.58. The molecule has 0 aliphatic heterocycles. The van der Waals surface area contributed by atoms with Gasteiger partial charge in [0.15, 0.2) is 0 Å². The summed E-state index contributed by atoms with van der Waals surface area (Å²) in [5.74, 6) is 0.726. The highest BCUT2D eigenvalue weighted by Crippen LogP contribution is 2.27. The van der Waals surface area contributed by atoms with Crippen LogP contribution in [-0.4, -0.2) is 6.61 Å². The average Bonchev–Trinajstić information content (AvgIpc) is 2.90. The van der Waals surface area contributed by atoms with E-state index in [0.717, 1.165) is 16.5 Å². The zero-order valence-corrected chi connectivity index (χ0v) is 11.0. The number of ether oxygens (including phenoxy) is 1.